The third-order valence-electron chi connectivity index (χ3n) is 2.40. The Labute approximate surface area is 138 Å². The van der Waals surface area contributed by atoms with Crippen molar-refractivity contribution >= 4 is 29.9 Å². The molecular formula is C13H19F3IN3O. The predicted molar refractivity (Wildman–Crippen MR) is 87.0 cm³/mol. The van der Waals surface area contributed by atoms with Crippen molar-refractivity contribution in [1.29, 1.82) is 0 Å². The van der Waals surface area contributed by atoms with Crippen LogP contribution in [0, 0.1) is 0 Å². The second-order valence-corrected chi connectivity index (χ2v) is 4.15. The first-order chi connectivity index (χ1) is 9.40. The van der Waals surface area contributed by atoms with Crippen LogP contribution in [-0.4, -0.2) is 30.3 Å². The number of guanidine groups is 1. The van der Waals surface area contributed by atoms with Crippen LogP contribution in [0.25, 0.3) is 0 Å². The van der Waals surface area contributed by atoms with Crippen molar-refractivity contribution in [1.82, 2.24) is 10.6 Å². The molecule has 0 unspecified atom stereocenters. The Morgan fingerprint density at radius 1 is 1.19 bits per heavy atom. The molecule has 0 heterocycles. The highest BCUT2D eigenvalue weighted by molar-refractivity contribution is 14.0. The molecule has 3 N–H and O–H groups in total. The highest BCUT2D eigenvalue weighted by Gasteiger charge is 2.26. The number of aromatic hydroxyl groups is 1. The minimum Gasteiger partial charge on any atom is -0.508 e. The van der Waals surface area contributed by atoms with Gasteiger partial charge in [-0.2, -0.15) is 13.2 Å². The molecule has 120 valence electrons. The van der Waals surface area contributed by atoms with Crippen LogP contribution in [0.1, 0.15) is 18.9 Å². The van der Waals surface area contributed by atoms with E-state index in [2.05, 4.69) is 15.6 Å². The van der Waals surface area contributed by atoms with Crippen LogP contribution in [0.2, 0.25) is 0 Å². The summed E-state index contributed by atoms with van der Waals surface area (Å²) >= 11 is 0. The molecule has 0 aliphatic heterocycles. The second-order valence-electron chi connectivity index (χ2n) is 4.15. The first-order valence-corrected chi connectivity index (χ1v) is 6.27. The zero-order valence-electron chi connectivity index (χ0n) is 11.6. The first-order valence-electron chi connectivity index (χ1n) is 6.27. The van der Waals surface area contributed by atoms with E-state index in [-0.39, 0.29) is 36.3 Å². The van der Waals surface area contributed by atoms with Gasteiger partial charge < -0.3 is 15.7 Å². The molecule has 8 heteroatoms. The molecular weight excluding hydrogens is 398 g/mol. The van der Waals surface area contributed by atoms with Crippen molar-refractivity contribution in [3.05, 3.63) is 29.8 Å². The molecule has 1 rings (SSSR count). The van der Waals surface area contributed by atoms with Crippen molar-refractivity contribution < 1.29 is 18.3 Å². The molecule has 0 amide bonds. The largest absolute Gasteiger partial charge is 0.508 e. The van der Waals surface area contributed by atoms with Gasteiger partial charge in [0.25, 0.3) is 0 Å². The van der Waals surface area contributed by atoms with Crippen LogP contribution >= 0.6 is 24.0 Å². The molecule has 0 aliphatic carbocycles. The molecule has 0 saturated carbocycles. The monoisotopic (exact) mass is 417 g/mol. The van der Waals surface area contributed by atoms with Gasteiger partial charge in [-0.25, -0.2) is 4.99 Å². The standard InChI is InChI=1S/C13H18F3N3O.HI/c1-2-17-12(18-8-7-13(14,15)16)19-9-10-3-5-11(20)6-4-10;/h3-6,20H,2,7-9H2,1H3,(H2,17,18,19);1H. The van der Waals surface area contributed by atoms with Gasteiger partial charge in [0.1, 0.15) is 5.75 Å². The van der Waals surface area contributed by atoms with E-state index in [0.29, 0.717) is 19.0 Å². The Morgan fingerprint density at radius 3 is 2.33 bits per heavy atom. The summed E-state index contributed by atoms with van der Waals surface area (Å²) in [5, 5.41) is 14.6. The molecule has 0 saturated heterocycles. The Balaban J connectivity index is 0.00000400. The highest BCUT2D eigenvalue weighted by Crippen LogP contribution is 2.18. The van der Waals surface area contributed by atoms with E-state index in [1.807, 2.05) is 6.92 Å². The van der Waals surface area contributed by atoms with Crippen molar-refractivity contribution in [3.8, 4) is 5.75 Å². The maximum atomic E-state index is 12.1. The van der Waals surface area contributed by atoms with Crippen LogP contribution in [-0.2, 0) is 6.54 Å². The fourth-order valence-electron chi connectivity index (χ4n) is 1.44. The maximum Gasteiger partial charge on any atom is 0.390 e. The average molecular weight is 417 g/mol. The molecule has 0 aromatic heterocycles. The number of phenolic OH excluding ortho intramolecular Hbond substituents is 1. The zero-order valence-corrected chi connectivity index (χ0v) is 13.9. The van der Waals surface area contributed by atoms with Crippen LogP contribution in [0.3, 0.4) is 0 Å². The zero-order chi connectivity index (χ0) is 15.0. The minimum absolute atomic E-state index is 0. The summed E-state index contributed by atoms with van der Waals surface area (Å²) in [4.78, 5) is 4.18. The normalized spacial score (nSPS) is 11.7. The van der Waals surface area contributed by atoms with Crippen LogP contribution in [0.5, 0.6) is 5.75 Å². The topological polar surface area (TPSA) is 56.7 Å². The van der Waals surface area contributed by atoms with Crippen molar-refractivity contribution in [2.24, 2.45) is 4.99 Å². The van der Waals surface area contributed by atoms with Gasteiger partial charge in [-0.05, 0) is 24.6 Å². The second kappa shape index (κ2) is 9.69. The van der Waals surface area contributed by atoms with Gasteiger partial charge in [-0.3, -0.25) is 0 Å². The van der Waals surface area contributed by atoms with Crippen LogP contribution < -0.4 is 10.6 Å². The smallest absolute Gasteiger partial charge is 0.390 e. The predicted octanol–water partition coefficient (Wildman–Crippen LogP) is 3.02. The van der Waals surface area contributed by atoms with Gasteiger partial charge in [0, 0.05) is 13.1 Å². The molecule has 0 fully saturated rings. The van der Waals surface area contributed by atoms with E-state index in [4.69, 9.17) is 5.11 Å². The lowest BCUT2D eigenvalue weighted by Crippen LogP contribution is -2.38. The summed E-state index contributed by atoms with van der Waals surface area (Å²) in [5.41, 5.74) is 0.857. The van der Waals surface area contributed by atoms with Gasteiger partial charge in [-0.1, -0.05) is 12.1 Å². The van der Waals surface area contributed by atoms with E-state index >= 15 is 0 Å². The molecule has 0 bridgehead atoms. The van der Waals surface area contributed by atoms with Gasteiger partial charge in [0.2, 0.25) is 0 Å². The van der Waals surface area contributed by atoms with Gasteiger partial charge >= 0.3 is 6.18 Å². The average Bonchev–Trinajstić information content (AvgIpc) is 2.36. The molecule has 4 nitrogen and oxygen atoms in total. The molecule has 1 aromatic rings. The highest BCUT2D eigenvalue weighted by atomic mass is 127. The van der Waals surface area contributed by atoms with E-state index in [0.717, 1.165) is 5.56 Å². The SMILES string of the molecule is CCNC(=NCc1ccc(O)cc1)NCCC(F)(F)F.I. The van der Waals surface area contributed by atoms with Crippen LogP contribution in [0.15, 0.2) is 29.3 Å². The summed E-state index contributed by atoms with van der Waals surface area (Å²) in [6.45, 7) is 2.50. The van der Waals surface area contributed by atoms with E-state index in [9.17, 15) is 13.2 Å². The third kappa shape index (κ3) is 9.38. The van der Waals surface area contributed by atoms with Crippen molar-refractivity contribution in [2.75, 3.05) is 13.1 Å². The number of hydrogen-bond donors (Lipinski definition) is 3. The van der Waals surface area contributed by atoms with E-state index in [1.54, 1.807) is 12.1 Å². The number of alkyl halides is 3. The maximum absolute atomic E-state index is 12.1. The molecule has 21 heavy (non-hydrogen) atoms. The van der Waals surface area contributed by atoms with Crippen molar-refractivity contribution in [3.63, 3.8) is 0 Å². The first kappa shape index (κ1) is 19.8. The Bertz CT molecular complexity index is 435. The lowest BCUT2D eigenvalue weighted by molar-refractivity contribution is -0.132. The molecule has 1 aromatic carbocycles. The molecule has 0 radical (unpaired) electrons. The lowest BCUT2D eigenvalue weighted by Gasteiger charge is -2.12. The quantitative estimate of drug-likeness (QED) is 0.392. The van der Waals surface area contributed by atoms with E-state index in [1.165, 1.54) is 12.1 Å². The summed E-state index contributed by atoms with van der Waals surface area (Å²) in [6, 6.07) is 6.49. The van der Waals surface area contributed by atoms with Crippen LogP contribution in [0.4, 0.5) is 13.2 Å². The number of nitrogens with zero attached hydrogens (tertiary/aromatic N) is 1. The Morgan fingerprint density at radius 2 is 1.81 bits per heavy atom. The Kier molecular flexibility index (Phi) is 9.14. The summed E-state index contributed by atoms with van der Waals surface area (Å²) in [5.74, 6) is 0.498. The number of phenols is 1. The fourth-order valence-corrected chi connectivity index (χ4v) is 1.44. The lowest BCUT2D eigenvalue weighted by atomic mass is 10.2. The van der Waals surface area contributed by atoms with Gasteiger partial charge in [0.05, 0.1) is 13.0 Å². The Hall–Kier alpha value is -1.19. The van der Waals surface area contributed by atoms with E-state index < -0.39 is 12.6 Å². The molecule has 0 spiro atoms. The third-order valence-corrected chi connectivity index (χ3v) is 2.40. The van der Waals surface area contributed by atoms with Gasteiger partial charge in [0.15, 0.2) is 5.96 Å². The summed E-state index contributed by atoms with van der Waals surface area (Å²) in [7, 11) is 0. The molecule has 0 aliphatic rings. The number of hydrogen-bond acceptors (Lipinski definition) is 2. The minimum atomic E-state index is -4.18. The number of benzene rings is 1. The number of aliphatic imine (C=N–C) groups is 1. The van der Waals surface area contributed by atoms with Gasteiger partial charge in [-0.15, -0.1) is 24.0 Å². The molecule has 0 atom stereocenters. The fraction of sp³-hybridized carbons (Fsp3) is 0.462. The number of nitrogens with one attached hydrogen (secondary N) is 2. The number of halogens is 4. The van der Waals surface area contributed by atoms with Crippen molar-refractivity contribution in [2.45, 2.75) is 26.1 Å². The number of rotatable bonds is 5. The summed E-state index contributed by atoms with van der Waals surface area (Å²) < 4.78 is 36.2. The summed E-state index contributed by atoms with van der Waals surface area (Å²) in [6.07, 6.45) is -5.09.